The van der Waals surface area contributed by atoms with Crippen molar-refractivity contribution in [3.8, 4) is 5.75 Å². The molecule has 8 nitrogen and oxygen atoms in total. The van der Waals surface area contributed by atoms with Gasteiger partial charge in [-0.05, 0) is 41.5 Å². The zero-order valence-electron chi connectivity index (χ0n) is 17.7. The number of ether oxygens (including phenoxy) is 1. The normalized spacial score (nSPS) is 10.6. The Hall–Kier alpha value is -3.69. The van der Waals surface area contributed by atoms with Crippen molar-refractivity contribution in [1.82, 2.24) is 9.78 Å². The largest absolute Gasteiger partial charge is 0.487 e. The summed E-state index contributed by atoms with van der Waals surface area (Å²) < 4.78 is 8.41. The highest BCUT2D eigenvalue weighted by Crippen LogP contribution is 2.29. The molecule has 0 saturated carbocycles. The van der Waals surface area contributed by atoms with Gasteiger partial charge in [-0.2, -0.15) is 5.10 Å². The first-order valence-electron chi connectivity index (χ1n) is 10.1. The van der Waals surface area contributed by atoms with Gasteiger partial charge in [0.1, 0.15) is 12.4 Å². The first kappa shape index (κ1) is 23.5. The number of benzene rings is 3. The smallest absolute Gasteiger partial charge is 0.271 e. The van der Waals surface area contributed by atoms with E-state index in [0.29, 0.717) is 23.5 Å². The van der Waals surface area contributed by atoms with Crippen LogP contribution in [0.25, 0.3) is 0 Å². The molecule has 0 fully saturated rings. The summed E-state index contributed by atoms with van der Waals surface area (Å²) in [7, 11) is 0. The molecule has 34 heavy (non-hydrogen) atoms. The maximum atomic E-state index is 12.6. The minimum Gasteiger partial charge on any atom is -0.487 e. The van der Waals surface area contributed by atoms with Crippen molar-refractivity contribution in [2.24, 2.45) is 0 Å². The number of nitrogens with zero attached hydrogens (tertiary/aromatic N) is 3. The van der Waals surface area contributed by atoms with E-state index in [4.69, 9.17) is 16.3 Å². The number of nitro groups is 1. The number of rotatable bonds is 8. The standard InChI is InChI=1S/C24H18BrClN4O4/c25-19-7-3-16(4-8-19)13-29-14-20(12-27-29)28-24(31)18-5-1-17(2-6-18)15-34-23-10-9-21(30(32)33)11-22(23)26/h1-12,14H,13,15H2,(H,28,31). The van der Waals surface area contributed by atoms with Crippen LogP contribution in [0.5, 0.6) is 5.75 Å². The molecule has 0 atom stereocenters. The summed E-state index contributed by atoms with van der Waals surface area (Å²) >= 11 is 9.46. The second-order valence-corrected chi connectivity index (χ2v) is 8.69. The molecule has 3 aromatic carbocycles. The number of amides is 1. The Morgan fingerprint density at radius 3 is 2.47 bits per heavy atom. The van der Waals surface area contributed by atoms with Gasteiger partial charge in [0.15, 0.2) is 0 Å². The van der Waals surface area contributed by atoms with Gasteiger partial charge in [-0.1, -0.05) is 51.8 Å². The molecule has 4 rings (SSSR count). The number of nitrogens with one attached hydrogen (secondary N) is 1. The second kappa shape index (κ2) is 10.5. The van der Waals surface area contributed by atoms with Crippen LogP contribution in [0.2, 0.25) is 5.02 Å². The van der Waals surface area contributed by atoms with Crippen molar-refractivity contribution in [2.75, 3.05) is 5.32 Å². The van der Waals surface area contributed by atoms with Crippen LogP contribution in [0.3, 0.4) is 0 Å². The SMILES string of the molecule is O=C(Nc1cnn(Cc2ccc(Br)cc2)c1)c1ccc(COc2ccc([N+](=O)[O-])cc2Cl)cc1. The third-order valence-electron chi connectivity index (χ3n) is 4.89. The first-order chi connectivity index (χ1) is 16.4. The average molecular weight is 542 g/mol. The second-order valence-electron chi connectivity index (χ2n) is 7.36. The van der Waals surface area contributed by atoms with E-state index in [0.717, 1.165) is 15.6 Å². The summed E-state index contributed by atoms with van der Waals surface area (Å²) in [5, 5.41) is 18.1. The fraction of sp³-hybridized carbons (Fsp3) is 0.0833. The Kier molecular flexibility index (Phi) is 7.24. The zero-order valence-corrected chi connectivity index (χ0v) is 20.0. The number of carbonyl (C=O) groups excluding carboxylic acids is 1. The highest BCUT2D eigenvalue weighted by molar-refractivity contribution is 9.10. The molecule has 1 N–H and O–H groups in total. The van der Waals surface area contributed by atoms with Crippen molar-refractivity contribution in [1.29, 1.82) is 0 Å². The molecule has 4 aromatic rings. The molecular formula is C24H18BrClN4O4. The van der Waals surface area contributed by atoms with Gasteiger partial charge in [-0.15, -0.1) is 0 Å². The molecule has 0 aliphatic carbocycles. The van der Waals surface area contributed by atoms with Crippen molar-refractivity contribution < 1.29 is 14.5 Å². The van der Waals surface area contributed by atoms with Gasteiger partial charge in [-0.25, -0.2) is 0 Å². The number of nitro benzene ring substituents is 1. The van der Waals surface area contributed by atoms with E-state index >= 15 is 0 Å². The topological polar surface area (TPSA) is 99.3 Å². The third-order valence-corrected chi connectivity index (χ3v) is 5.71. The van der Waals surface area contributed by atoms with Gasteiger partial charge in [0.05, 0.1) is 28.4 Å². The predicted molar refractivity (Wildman–Crippen MR) is 132 cm³/mol. The Bertz CT molecular complexity index is 1320. The molecule has 1 amide bonds. The minimum atomic E-state index is -0.521. The molecule has 1 aromatic heterocycles. The lowest BCUT2D eigenvalue weighted by Gasteiger charge is -2.09. The Balaban J connectivity index is 1.32. The van der Waals surface area contributed by atoms with E-state index in [1.165, 1.54) is 18.2 Å². The summed E-state index contributed by atoms with van der Waals surface area (Å²) in [5.74, 6) is 0.0864. The number of aromatic nitrogens is 2. The van der Waals surface area contributed by atoms with Crippen LogP contribution in [0, 0.1) is 10.1 Å². The summed E-state index contributed by atoms with van der Waals surface area (Å²) in [4.78, 5) is 22.9. The lowest BCUT2D eigenvalue weighted by Crippen LogP contribution is -2.11. The highest BCUT2D eigenvalue weighted by Gasteiger charge is 2.11. The number of anilines is 1. The van der Waals surface area contributed by atoms with Crippen LogP contribution in [0.15, 0.2) is 83.6 Å². The molecule has 0 aliphatic rings. The number of hydrogen-bond acceptors (Lipinski definition) is 5. The van der Waals surface area contributed by atoms with Crippen LogP contribution in [0.1, 0.15) is 21.5 Å². The Morgan fingerprint density at radius 2 is 1.79 bits per heavy atom. The minimum absolute atomic E-state index is 0.105. The van der Waals surface area contributed by atoms with Crippen molar-refractivity contribution in [3.05, 3.63) is 115 Å². The zero-order chi connectivity index (χ0) is 24.1. The highest BCUT2D eigenvalue weighted by atomic mass is 79.9. The van der Waals surface area contributed by atoms with E-state index < -0.39 is 4.92 Å². The monoisotopic (exact) mass is 540 g/mol. The molecule has 10 heteroatoms. The number of hydrogen-bond donors (Lipinski definition) is 1. The molecule has 0 aliphatic heterocycles. The van der Waals surface area contributed by atoms with Gasteiger partial charge in [0.2, 0.25) is 0 Å². The van der Waals surface area contributed by atoms with Gasteiger partial charge in [0, 0.05) is 28.4 Å². The van der Waals surface area contributed by atoms with E-state index in [2.05, 4.69) is 26.3 Å². The third kappa shape index (κ3) is 6.00. The van der Waals surface area contributed by atoms with Crippen molar-refractivity contribution in [2.45, 2.75) is 13.2 Å². The number of carbonyl (C=O) groups is 1. The molecule has 0 bridgehead atoms. The van der Waals surface area contributed by atoms with E-state index in [1.54, 1.807) is 41.3 Å². The molecule has 0 spiro atoms. The van der Waals surface area contributed by atoms with Crippen LogP contribution in [-0.4, -0.2) is 20.6 Å². The molecule has 0 radical (unpaired) electrons. The van der Waals surface area contributed by atoms with Gasteiger partial charge in [0.25, 0.3) is 11.6 Å². The lowest BCUT2D eigenvalue weighted by molar-refractivity contribution is -0.384. The van der Waals surface area contributed by atoms with E-state index in [-0.39, 0.29) is 23.2 Å². The van der Waals surface area contributed by atoms with Gasteiger partial charge >= 0.3 is 0 Å². The van der Waals surface area contributed by atoms with E-state index in [1.807, 2.05) is 24.3 Å². The average Bonchev–Trinajstić information content (AvgIpc) is 3.26. The van der Waals surface area contributed by atoms with Crippen LogP contribution in [-0.2, 0) is 13.2 Å². The van der Waals surface area contributed by atoms with Crippen LogP contribution in [0.4, 0.5) is 11.4 Å². The molecule has 0 saturated heterocycles. The first-order valence-corrected chi connectivity index (χ1v) is 11.3. The van der Waals surface area contributed by atoms with Crippen LogP contribution >= 0.6 is 27.5 Å². The summed E-state index contributed by atoms with van der Waals surface area (Å²) in [6.07, 6.45) is 3.38. The molecule has 0 unspecified atom stereocenters. The Labute approximate surface area is 208 Å². The number of non-ortho nitro benzene ring substituents is 1. The fourth-order valence-electron chi connectivity index (χ4n) is 3.13. The van der Waals surface area contributed by atoms with Crippen molar-refractivity contribution >= 4 is 44.8 Å². The fourth-order valence-corrected chi connectivity index (χ4v) is 3.62. The summed E-state index contributed by atoms with van der Waals surface area (Å²) in [5.41, 5.74) is 2.89. The summed E-state index contributed by atoms with van der Waals surface area (Å²) in [6.45, 7) is 0.791. The Morgan fingerprint density at radius 1 is 1.09 bits per heavy atom. The summed E-state index contributed by atoms with van der Waals surface area (Å²) in [6, 6.07) is 18.9. The van der Waals surface area contributed by atoms with Crippen molar-refractivity contribution in [3.63, 3.8) is 0 Å². The maximum Gasteiger partial charge on any atom is 0.271 e. The quantitative estimate of drug-likeness (QED) is 0.215. The predicted octanol–water partition coefficient (Wildman–Crippen LogP) is 6.09. The number of halogens is 2. The van der Waals surface area contributed by atoms with Gasteiger partial charge < -0.3 is 10.1 Å². The van der Waals surface area contributed by atoms with Gasteiger partial charge in [-0.3, -0.25) is 19.6 Å². The molecular weight excluding hydrogens is 524 g/mol. The molecule has 1 heterocycles. The maximum absolute atomic E-state index is 12.6. The molecule has 172 valence electrons. The lowest BCUT2D eigenvalue weighted by atomic mass is 10.1. The van der Waals surface area contributed by atoms with Crippen LogP contribution < -0.4 is 10.1 Å². The van der Waals surface area contributed by atoms with E-state index in [9.17, 15) is 14.9 Å².